The van der Waals surface area contributed by atoms with Gasteiger partial charge in [-0.3, -0.25) is 4.39 Å². The molecular formula is C15H30FN. The molecule has 2 fully saturated rings. The number of halogens is 1. The van der Waals surface area contributed by atoms with Gasteiger partial charge in [0.2, 0.25) is 0 Å². The van der Waals surface area contributed by atoms with Gasteiger partial charge in [0, 0.05) is 12.1 Å². The van der Waals surface area contributed by atoms with E-state index < -0.39 is 0 Å². The van der Waals surface area contributed by atoms with Crippen molar-refractivity contribution in [2.45, 2.75) is 77.3 Å². The molecule has 2 saturated carbocycles. The van der Waals surface area contributed by atoms with Crippen molar-refractivity contribution in [2.75, 3.05) is 7.18 Å². The molecule has 0 amide bonds. The summed E-state index contributed by atoms with van der Waals surface area (Å²) in [4.78, 5) is 0. The van der Waals surface area contributed by atoms with Crippen LogP contribution >= 0.6 is 0 Å². The molecule has 2 rings (SSSR count). The maximum absolute atomic E-state index is 9.50. The van der Waals surface area contributed by atoms with Crippen molar-refractivity contribution < 1.29 is 4.39 Å². The number of hydrogen-bond acceptors (Lipinski definition) is 1. The molecule has 2 heteroatoms. The number of alkyl halides is 1. The molecular weight excluding hydrogens is 213 g/mol. The Morgan fingerprint density at radius 1 is 0.647 bits per heavy atom. The highest BCUT2D eigenvalue weighted by Crippen LogP contribution is 2.27. The summed E-state index contributed by atoms with van der Waals surface area (Å²) in [6.07, 6.45) is 11.5. The zero-order valence-electron chi connectivity index (χ0n) is 11.8. The lowest BCUT2D eigenvalue weighted by molar-refractivity contribution is 0.241. The van der Waals surface area contributed by atoms with Gasteiger partial charge in [0.15, 0.2) is 0 Å². The third-order valence-corrected chi connectivity index (χ3v) is 4.50. The highest BCUT2D eigenvalue weighted by atomic mass is 19.1. The Morgan fingerprint density at radius 3 is 1.24 bits per heavy atom. The SMILES string of the molecule is CC1CCC(NC2CCC(C)CC2)CC1.CF. The fourth-order valence-corrected chi connectivity index (χ4v) is 3.19. The van der Waals surface area contributed by atoms with E-state index >= 15 is 0 Å². The first-order valence-electron chi connectivity index (χ1n) is 7.38. The summed E-state index contributed by atoms with van der Waals surface area (Å²) in [5, 5.41) is 3.90. The molecule has 1 nitrogen and oxygen atoms in total. The molecule has 0 radical (unpaired) electrons. The van der Waals surface area contributed by atoms with Crippen LogP contribution in [0.25, 0.3) is 0 Å². The largest absolute Gasteiger partial charge is 0.311 e. The standard InChI is InChI=1S/C14H27N.CH3F/c1-11-3-7-13(8-4-11)15-14-9-5-12(2)6-10-14;1-2/h11-15H,3-10H2,1-2H3;1H3. The molecule has 17 heavy (non-hydrogen) atoms. The maximum Gasteiger partial charge on any atom is 0.0785 e. The van der Waals surface area contributed by atoms with Crippen LogP contribution in [0.1, 0.15) is 65.2 Å². The van der Waals surface area contributed by atoms with Crippen LogP contribution in [0.4, 0.5) is 4.39 Å². The van der Waals surface area contributed by atoms with Gasteiger partial charge in [-0.05, 0) is 63.2 Å². The van der Waals surface area contributed by atoms with Crippen molar-refractivity contribution in [1.29, 1.82) is 0 Å². The van der Waals surface area contributed by atoms with Crippen LogP contribution in [-0.2, 0) is 0 Å². The molecule has 0 aromatic heterocycles. The Morgan fingerprint density at radius 2 is 0.941 bits per heavy atom. The predicted molar refractivity (Wildman–Crippen MR) is 73.0 cm³/mol. The molecule has 0 unspecified atom stereocenters. The summed E-state index contributed by atoms with van der Waals surface area (Å²) in [6.45, 7) is 4.80. The zero-order valence-corrected chi connectivity index (χ0v) is 11.8. The fourth-order valence-electron chi connectivity index (χ4n) is 3.19. The van der Waals surface area contributed by atoms with E-state index in [4.69, 9.17) is 0 Å². The molecule has 0 aromatic rings. The Hall–Kier alpha value is -0.110. The number of rotatable bonds is 2. The summed E-state index contributed by atoms with van der Waals surface area (Å²) >= 11 is 0. The van der Waals surface area contributed by atoms with E-state index in [9.17, 15) is 4.39 Å². The molecule has 0 bridgehead atoms. The van der Waals surface area contributed by atoms with Gasteiger partial charge >= 0.3 is 0 Å². The van der Waals surface area contributed by atoms with Crippen molar-refractivity contribution in [1.82, 2.24) is 5.32 Å². The average molecular weight is 243 g/mol. The van der Waals surface area contributed by atoms with E-state index in [0.717, 1.165) is 23.9 Å². The van der Waals surface area contributed by atoms with Gasteiger partial charge in [-0.25, -0.2) is 0 Å². The van der Waals surface area contributed by atoms with Crippen molar-refractivity contribution >= 4 is 0 Å². The molecule has 0 atom stereocenters. The second-order valence-electron chi connectivity index (χ2n) is 6.08. The van der Waals surface area contributed by atoms with E-state index in [0.29, 0.717) is 7.18 Å². The second-order valence-corrected chi connectivity index (χ2v) is 6.08. The molecule has 1 N–H and O–H groups in total. The van der Waals surface area contributed by atoms with Crippen LogP contribution in [0.2, 0.25) is 0 Å². The Bertz CT molecular complexity index is 159. The lowest BCUT2D eigenvalue weighted by atomic mass is 9.84. The fraction of sp³-hybridized carbons (Fsp3) is 1.00. The first kappa shape index (κ1) is 14.9. The van der Waals surface area contributed by atoms with Gasteiger partial charge in [0.1, 0.15) is 0 Å². The third-order valence-electron chi connectivity index (χ3n) is 4.50. The summed E-state index contributed by atoms with van der Waals surface area (Å²) < 4.78 is 9.50. The van der Waals surface area contributed by atoms with Gasteiger partial charge in [-0.2, -0.15) is 0 Å². The maximum atomic E-state index is 9.50. The molecule has 0 heterocycles. The van der Waals surface area contributed by atoms with Gasteiger partial charge in [-0.15, -0.1) is 0 Å². The highest BCUT2D eigenvalue weighted by Gasteiger charge is 2.23. The molecule has 2 aliphatic rings. The summed E-state index contributed by atoms with van der Waals surface area (Å²) in [7, 11) is 0.500. The lowest BCUT2D eigenvalue weighted by Crippen LogP contribution is -2.41. The predicted octanol–water partition coefficient (Wildman–Crippen LogP) is 4.32. The third kappa shape index (κ3) is 5.37. The highest BCUT2D eigenvalue weighted by molar-refractivity contribution is 4.82. The topological polar surface area (TPSA) is 12.0 Å². The zero-order chi connectivity index (χ0) is 12.7. The Balaban J connectivity index is 0.000000686. The molecule has 102 valence electrons. The first-order chi connectivity index (χ1) is 8.24. The second kappa shape index (κ2) is 8.07. The van der Waals surface area contributed by atoms with Crippen molar-refractivity contribution in [3.8, 4) is 0 Å². The minimum Gasteiger partial charge on any atom is -0.311 e. The first-order valence-corrected chi connectivity index (χ1v) is 7.38. The van der Waals surface area contributed by atoms with Crippen LogP contribution in [0.3, 0.4) is 0 Å². The normalized spacial score (nSPS) is 38.1. The minimum atomic E-state index is 0.500. The van der Waals surface area contributed by atoms with Crippen molar-refractivity contribution in [2.24, 2.45) is 11.8 Å². The number of nitrogens with one attached hydrogen (secondary N) is 1. The van der Waals surface area contributed by atoms with E-state index in [2.05, 4.69) is 19.2 Å². The van der Waals surface area contributed by atoms with Crippen LogP contribution in [0.5, 0.6) is 0 Å². The van der Waals surface area contributed by atoms with Crippen LogP contribution in [0, 0.1) is 11.8 Å². The minimum absolute atomic E-state index is 0.500. The molecule has 0 spiro atoms. The average Bonchev–Trinajstić information content (AvgIpc) is 2.37. The van der Waals surface area contributed by atoms with Crippen molar-refractivity contribution in [3.63, 3.8) is 0 Å². The van der Waals surface area contributed by atoms with Crippen molar-refractivity contribution in [3.05, 3.63) is 0 Å². The quantitative estimate of drug-likeness (QED) is 0.761. The molecule has 0 aliphatic heterocycles. The van der Waals surface area contributed by atoms with Gasteiger partial charge in [0.05, 0.1) is 7.18 Å². The Kier molecular flexibility index (Phi) is 7.10. The summed E-state index contributed by atoms with van der Waals surface area (Å²) in [5.41, 5.74) is 0. The monoisotopic (exact) mass is 243 g/mol. The molecule has 0 saturated heterocycles. The van der Waals surface area contributed by atoms with E-state index in [1.807, 2.05) is 0 Å². The van der Waals surface area contributed by atoms with Gasteiger partial charge < -0.3 is 5.32 Å². The van der Waals surface area contributed by atoms with Crippen LogP contribution in [-0.4, -0.2) is 19.3 Å². The number of hydrogen-bond donors (Lipinski definition) is 1. The molecule has 2 aliphatic carbocycles. The van der Waals surface area contributed by atoms with E-state index in [-0.39, 0.29) is 0 Å². The van der Waals surface area contributed by atoms with Gasteiger partial charge in [0.25, 0.3) is 0 Å². The van der Waals surface area contributed by atoms with Crippen LogP contribution < -0.4 is 5.32 Å². The van der Waals surface area contributed by atoms with E-state index in [1.54, 1.807) is 0 Å². The van der Waals surface area contributed by atoms with E-state index in [1.165, 1.54) is 51.4 Å². The Labute approximate surface area is 107 Å². The summed E-state index contributed by atoms with van der Waals surface area (Å²) in [5.74, 6) is 1.96. The lowest BCUT2D eigenvalue weighted by Gasteiger charge is -2.34. The smallest absolute Gasteiger partial charge is 0.0785 e. The molecule has 0 aromatic carbocycles. The van der Waals surface area contributed by atoms with Crippen LogP contribution in [0.15, 0.2) is 0 Å². The summed E-state index contributed by atoms with van der Waals surface area (Å²) in [6, 6.07) is 1.69. The van der Waals surface area contributed by atoms with Gasteiger partial charge in [-0.1, -0.05) is 13.8 Å².